The van der Waals surface area contributed by atoms with Crippen molar-refractivity contribution >= 4 is 23.5 Å². The smallest absolute Gasteiger partial charge is 0.399 e. The fraction of sp³-hybridized carbons (Fsp3) is 0.417. The Bertz CT molecular complexity index is 1060. The minimum absolute atomic E-state index is 0.0675. The van der Waals surface area contributed by atoms with Crippen LogP contribution in [0, 0.1) is 5.82 Å². The fourth-order valence-corrected chi connectivity index (χ4v) is 3.63. The summed E-state index contributed by atoms with van der Waals surface area (Å²) in [5.74, 6) is -0.326. The lowest BCUT2D eigenvalue weighted by Crippen LogP contribution is -2.41. The van der Waals surface area contributed by atoms with Gasteiger partial charge in [0.25, 0.3) is 0 Å². The zero-order valence-corrected chi connectivity index (χ0v) is 18.3. The maximum Gasteiger partial charge on any atom is 0.497 e. The molecule has 1 saturated heterocycles. The summed E-state index contributed by atoms with van der Waals surface area (Å²) in [4.78, 5) is 3.36. The number of aromatic nitrogens is 1. The van der Waals surface area contributed by atoms with E-state index >= 15 is 0 Å². The Hall–Kier alpha value is -2.11. The van der Waals surface area contributed by atoms with Gasteiger partial charge in [-0.3, -0.25) is 0 Å². The molecule has 1 aromatic heterocycles. The van der Waals surface area contributed by atoms with Gasteiger partial charge in [-0.15, -0.1) is 0 Å². The molecule has 0 atom stereocenters. The summed E-state index contributed by atoms with van der Waals surface area (Å²) in [6.45, 7) is 14.5. The summed E-state index contributed by atoms with van der Waals surface area (Å²) >= 11 is 0. The van der Waals surface area contributed by atoms with Gasteiger partial charge in [0.1, 0.15) is 5.82 Å². The van der Waals surface area contributed by atoms with Crippen LogP contribution < -0.4 is 5.46 Å². The minimum atomic E-state index is -0.716. The number of halogens is 1. The van der Waals surface area contributed by atoms with E-state index in [1.807, 2.05) is 33.8 Å². The number of fused-ring (bicyclic) bond motifs is 1. The van der Waals surface area contributed by atoms with Crippen molar-refractivity contribution < 1.29 is 13.7 Å². The van der Waals surface area contributed by atoms with Gasteiger partial charge in [0, 0.05) is 16.7 Å². The van der Waals surface area contributed by atoms with Crippen LogP contribution in [0.1, 0.15) is 54.0 Å². The second-order valence-corrected chi connectivity index (χ2v) is 10.1. The third kappa shape index (κ3) is 3.51. The standard InChI is InChI=1S/C24H29BFNO2/c1-22(2,3)17-10-8-9-15(11-17)20-13-16-12-18(19(26)14-21(16)27-20)25-28-23(4,5)24(6,7)29-25/h8-14,27H,1-7H3. The fourth-order valence-electron chi connectivity index (χ4n) is 3.63. The van der Waals surface area contributed by atoms with E-state index in [0.717, 1.165) is 22.2 Å². The molecule has 1 aliphatic heterocycles. The normalized spacial score (nSPS) is 18.6. The van der Waals surface area contributed by atoms with Crippen LogP contribution >= 0.6 is 0 Å². The van der Waals surface area contributed by atoms with Crippen LogP contribution in [0.2, 0.25) is 0 Å². The van der Waals surface area contributed by atoms with Gasteiger partial charge in [-0.1, -0.05) is 45.0 Å². The lowest BCUT2D eigenvalue weighted by atomic mass is 9.78. The molecular formula is C24H29BFNO2. The molecule has 1 fully saturated rings. The summed E-state index contributed by atoms with van der Waals surface area (Å²) in [5.41, 5.74) is 3.58. The Kier molecular flexibility index (Phi) is 4.49. The molecule has 0 amide bonds. The lowest BCUT2D eigenvalue weighted by Gasteiger charge is -2.32. The highest BCUT2D eigenvalue weighted by molar-refractivity contribution is 6.62. The highest BCUT2D eigenvalue weighted by Gasteiger charge is 2.52. The van der Waals surface area contributed by atoms with Gasteiger partial charge < -0.3 is 14.3 Å². The van der Waals surface area contributed by atoms with Crippen LogP contribution in [-0.4, -0.2) is 23.3 Å². The molecule has 0 aliphatic carbocycles. The highest BCUT2D eigenvalue weighted by Crippen LogP contribution is 2.37. The molecule has 0 saturated carbocycles. The Morgan fingerprint density at radius 1 is 0.931 bits per heavy atom. The van der Waals surface area contributed by atoms with Gasteiger partial charge in [-0.2, -0.15) is 0 Å². The second kappa shape index (κ2) is 6.45. The van der Waals surface area contributed by atoms with Crippen molar-refractivity contribution in [1.29, 1.82) is 0 Å². The van der Waals surface area contributed by atoms with E-state index in [2.05, 4.69) is 56.1 Å². The van der Waals surface area contributed by atoms with Crippen molar-refractivity contribution in [3.8, 4) is 11.3 Å². The first-order valence-corrected chi connectivity index (χ1v) is 10.2. The average Bonchev–Trinajstić information content (AvgIpc) is 3.11. The van der Waals surface area contributed by atoms with Gasteiger partial charge in [-0.25, -0.2) is 4.39 Å². The van der Waals surface area contributed by atoms with Crippen molar-refractivity contribution in [2.24, 2.45) is 0 Å². The van der Waals surface area contributed by atoms with Crippen LogP contribution in [0.15, 0.2) is 42.5 Å². The van der Waals surface area contributed by atoms with Crippen molar-refractivity contribution in [1.82, 2.24) is 4.98 Å². The largest absolute Gasteiger partial charge is 0.497 e. The van der Waals surface area contributed by atoms with E-state index in [1.165, 1.54) is 11.6 Å². The number of H-pyrrole nitrogens is 1. The molecular weight excluding hydrogens is 364 g/mol. The Morgan fingerprint density at radius 2 is 1.59 bits per heavy atom. The number of hydrogen-bond acceptors (Lipinski definition) is 2. The number of aromatic amines is 1. The molecule has 152 valence electrons. The zero-order chi connectivity index (χ0) is 21.2. The number of nitrogens with one attached hydrogen (secondary N) is 1. The first-order chi connectivity index (χ1) is 13.4. The van der Waals surface area contributed by atoms with Crippen molar-refractivity contribution in [2.45, 2.75) is 65.1 Å². The molecule has 1 N–H and O–H groups in total. The van der Waals surface area contributed by atoms with Crippen LogP contribution in [-0.2, 0) is 14.7 Å². The van der Waals surface area contributed by atoms with E-state index in [9.17, 15) is 4.39 Å². The van der Waals surface area contributed by atoms with Gasteiger partial charge in [-0.05, 0) is 67.8 Å². The summed E-state index contributed by atoms with van der Waals surface area (Å²) in [5, 5.41) is 0.937. The first kappa shape index (κ1) is 20.2. The average molecular weight is 393 g/mol. The Morgan fingerprint density at radius 3 is 2.21 bits per heavy atom. The van der Waals surface area contributed by atoms with Gasteiger partial charge >= 0.3 is 7.12 Å². The van der Waals surface area contributed by atoms with E-state index in [-0.39, 0.29) is 11.2 Å². The third-order valence-corrected chi connectivity index (χ3v) is 6.28. The van der Waals surface area contributed by atoms with Crippen molar-refractivity contribution in [2.75, 3.05) is 0 Å². The molecule has 2 heterocycles. The Balaban J connectivity index is 1.74. The zero-order valence-electron chi connectivity index (χ0n) is 18.3. The van der Waals surface area contributed by atoms with Crippen molar-refractivity contribution in [3.63, 3.8) is 0 Å². The molecule has 0 radical (unpaired) electrons. The highest BCUT2D eigenvalue weighted by atomic mass is 19.1. The molecule has 3 nitrogen and oxygen atoms in total. The number of hydrogen-bond donors (Lipinski definition) is 1. The number of rotatable bonds is 2. The predicted octanol–water partition coefficient (Wildman–Crippen LogP) is 5.57. The molecule has 5 heteroatoms. The van der Waals surface area contributed by atoms with E-state index in [4.69, 9.17) is 9.31 Å². The lowest BCUT2D eigenvalue weighted by molar-refractivity contribution is 0.00578. The summed E-state index contributed by atoms with van der Waals surface area (Å²) in [6.07, 6.45) is 0. The van der Waals surface area contributed by atoms with Crippen LogP contribution in [0.25, 0.3) is 22.2 Å². The van der Waals surface area contributed by atoms with Crippen molar-refractivity contribution in [3.05, 3.63) is 53.8 Å². The van der Waals surface area contributed by atoms with E-state index in [0.29, 0.717) is 5.46 Å². The molecule has 4 rings (SSSR count). The summed E-state index contributed by atoms with van der Waals surface area (Å²) in [6, 6.07) is 13.9. The molecule has 0 spiro atoms. The molecule has 29 heavy (non-hydrogen) atoms. The van der Waals surface area contributed by atoms with Gasteiger partial charge in [0.05, 0.1) is 11.2 Å². The van der Waals surface area contributed by atoms with Crippen LogP contribution in [0.4, 0.5) is 4.39 Å². The maximum absolute atomic E-state index is 14.9. The van der Waals surface area contributed by atoms with Gasteiger partial charge in [0.15, 0.2) is 0 Å². The summed E-state index contributed by atoms with van der Waals surface area (Å²) < 4.78 is 27.0. The third-order valence-electron chi connectivity index (χ3n) is 6.28. The molecule has 1 aliphatic rings. The molecule has 0 unspecified atom stereocenters. The summed E-state index contributed by atoms with van der Waals surface area (Å²) in [7, 11) is -0.716. The molecule has 3 aromatic rings. The maximum atomic E-state index is 14.9. The quantitative estimate of drug-likeness (QED) is 0.578. The Labute approximate surface area is 172 Å². The topological polar surface area (TPSA) is 34.2 Å². The van der Waals surface area contributed by atoms with E-state index < -0.39 is 18.3 Å². The van der Waals surface area contributed by atoms with E-state index in [1.54, 1.807) is 0 Å². The minimum Gasteiger partial charge on any atom is -0.399 e. The number of benzene rings is 2. The van der Waals surface area contributed by atoms with Crippen LogP contribution in [0.3, 0.4) is 0 Å². The molecule has 2 aromatic carbocycles. The van der Waals surface area contributed by atoms with Gasteiger partial charge in [0.2, 0.25) is 0 Å². The SMILES string of the molecule is CC(C)(C)c1cccc(-c2cc3cc(B4OC(C)(C)C(C)(C)O4)c(F)cc3[nH]2)c1. The first-order valence-electron chi connectivity index (χ1n) is 10.2. The molecule has 0 bridgehead atoms. The predicted molar refractivity (Wildman–Crippen MR) is 118 cm³/mol. The second-order valence-electron chi connectivity index (χ2n) is 10.1. The monoisotopic (exact) mass is 393 g/mol. The van der Waals surface area contributed by atoms with Crippen LogP contribution in [0.5, 0.6) is 0 Å².